The lowest BCUT2D eigenvalue weighted by molar-refractivity contribution is 0.0693. The summed E-state index contributed by atoms with van der Waals surface area (Å²) in [5, 5.41) is 2.93. The molecule has 0 aromatic heterocycles. The average Bonchev–Trinajstić information content (AvgIpc) is 2.59. The minimum atomic E-state index is -0.178. The zero-order valence-corrected chi connectivity index (χ0v) is 14.0. The second-order valence-electron chi connectivity index (χ2n) is 5.84. The van der Waals surface area contributed by atoms with E-state index in [2.05, 4.69) is 5.32 Å². The number of carbonyl (C=O) groups excluding carboxylic acids is 1. The molecule has 24 heavy (non-hydrogen) atoms. The van der Waals surface area contributed by atoms with Crippen molar-refractivity contribution in [3.8, 4) is 11.5 Å². The number of hydrogen-bond donors (Lipinski definition) is 1. The second kappa shape index (κ2) is 7.25. The van der Waals surface area contributed by atoms with Gasteiger partial charge in [-0.15, -0.1) is 0 Å². The Balaban J connectivity index is 1.61. The average molecular weight is 326 g/mol. The molecule has 0 spiro atoms. The molecule has 0 aliphatic carbocycles. The molecule has 2 amide bonds. The fraction of sp³-hybridized carbons (Fsp3) is 0.316. The number of likely N-dealkylation sites (N-methyl/N-ethyl adjacent to an activating group) is 1. The van der Waals surface area contributed by atoms with Gasteiger partial charge in [0, 0.05) is 12.2 Å². The van der Waals surface area contributed by atoms with E-state index in [0.29, 0.717) is 19.7 Å². The Morgan fingerprint density at radius 3 is 2.75 bits per heavy atom. The highest BCUT2D eigenvalue weighted by atomic mass is 16.6. The molecule has 2 aromatic carbocycles. The summed E-state index contributed by atoms with van der Waals surface area (Å²) in [5.41, 5.74) is 1.90. The van der Waals surface area contributed by atoms with Crippen LogP contribution in [0.1, 0.15) is 12.5 Å². The molecular formula is C19H22N2O3. The molecule has 3 rings (SSSR count). The van der Waals surface area contributed by atoms with E-state index in [9.17, 15) is 4.79 Å². The van der Waals surface area contributed by atoms with Crippen molar-refractivity contribution in [2.45, 2.75) is 20.0 Å². The monoisotopic (exact) mass is 326 g/mol. The van der Waals surface area contributed by atoms with Crippen LogP contribution in [-0.4, -0.2) is 36.7 Å². The maximum absolute atomic E-state index is 12.5. The number of carbonyl (C=O) groups is 1. The quantitative estimate of drug-likeness (QED) is 0.932. The zero-order chi connectivity index (χ0) is 16.9. The molecule has 0 saturated heterocycles. The van der Waals surface area contributed by atoms with E-state index in [1.54, 1.807) is 4.90 Å². The number of hydrogen-bond acceptors (Lipinski definition) is 3. The minimum Gasteiger partial charge on any atom is -0.486 e. The van der Waals surface area contributed by atoms with Crippen molar-refractivity contribution < 1.29 is 14.3 Å². The Kier molecular flexibility index (Phi) is 4.89. The molecule has 0 fully saturated rings. The van der Waals surface area contributed by atoms with E-state index in [0.717, 1.165) is 22.7 Å². The minimum absolute atomic E-state index is 0.134. The van der Waals surface area contributed by atoms with Crippen LogP contribution in [0.3, 0.4) is 0 Å². The lowest BCUT2D eigenvalue weighted by Crippen LogP contribution is -2.45. The third kappa shape index (κ3) is 3.79. The summed E-state index contributed by atoms with van der Waals surface area (Å²) in [4.78, 5) is 14.2. The first kappa shape index (κ1) is 16.2. The highest BCUT2D eigenvalue weighted by Crippen LogP contribution is 2.31. The van der Waals surface area contributed by atoms with E-state index in [-0.39, 0.29) is 12.1 Å². The number of rotatable bonds is 4. The first-order valence-corrected chi connectivity index (χ1v) is 8.17. The number of benzene rings is 2. The van der Waals surface area contributed by atoms with Crippen molar-refractivity contribution in [2.75, 3.05) is 25.0 Å². The van der Waals surface area contributed by atoms with Crippen molar-refractivity contribution in [3.05, 3.63) is 54.1 Å². The van der Waals surface area contributed by atoms with Gasteiger partial charge in [-0.1, -0.05) is 24.3 Å². The first-order valence-electron chi connectivity index (χ1n) is 8.17. The van der Waals surface area contributed by atoms with E-state index in [1.165, 1.54) is 0 Å². The van der Waals surface area contributed by atoms with Gasteiger partial charge in [0.15, 0.2) is 17.6 Å². The Bertz CT molecular complexity index is 717. The number of nitrogens with one attached hydrogen (secondary N) is 1. The van der Waals surface area contributed by atoms with Gasteiger partial charge in [0.05, 0.1) is 6.54 Å². The third-order valence-electron chi connectivity index (χ3n) is 3.93. The number of anilines is 1. The van der Waals surface area contributed by atoms with Gasteiger partial charge in [0.25, 0.3) is 0 Å². The van der Waals surface area contributed by atoms with Crippen LogP contribution in [0.15, 0.2) is 48.5 Å². The summed E-state index contributed by atoms with van der Waals surface area (Å²) in [5.74, 6) is 1.48. The van der Waals surface area contributed by atoms with Crippen molar-refractivity contribution >= 4 is 11.7 Å². The van der Waals surface area contributed by atoms with Gasteiger partial charge >= 0.3 is 6.03 Å². The molecule has 1 aliphatic rings. The Labute approximate surface area is 142 Å². The topological polar surface area (TPSA) is 50.8 Å². The number of amides is 2. The summed E-state index contributed by atoms with van der Waals surface area (Å²) in [6.07, 6.45) is -0.178. The highest BCUT2D eigenvalue weighted by molar-refractivity contribution is 5.89. The first-order chi connectivity index (χ1) is 11.7. The molecule has 0 saturated carbocycles. The number of aryl methyl sites for hydroxylation is 1. The maximum Gasteiger partial charge on any atom is 0.321 e. The van der Waals surface area contributed by atoms with Gasteiger partial charge in [-0.3, -0.25) is 0 Å². The van der Waals surface area contributed by atoms with Crippen molar-refractivity contribution in [1.82, 2.24) is 4.90 Å². The van der Waals surface area contributed by atoms with Crippen molar-refractivity contribution in [3.63, 3.8) is 0 Å². The van der Waals surface area contributed by atoms with Crippen LogP contribution in [0.4, 0.5) is 10.5 Å². The van der Waals surface area contributed by atoms with Crippen molar-refractivity contribution in [2.24, 2.45) is 0 Å². The summed E-state index contributed by atoms with van der Waals surface area (Å²) in [6, 6.07) is 15.2. The van der Waals surface area contributed by atoms with Crippen LogP contribution >= 0.6 is 0 Å². The molecule has 126 valence electrons. The number of urea groups is 1. The molecule has 1 atom stereocenters. The van der Waals surface area contributed by atoms with E-state index in [4.69, 9.17) is 9.47 Å². The second-order valence-corrected chi connectivity index (χ2v) is 5.84. The fourth-order valence-corrected chi connectivity index (χ4v) is 2.68. The van der Waals surface area contributed by atoms with E-state index >= 15 is 0 Å². The van der Waals surface area contributed by atoms with Crippen LogP contribution in [0.2, 0.25) is 0 Å². The SMILES string of the molecule is CCN(C[C@H]1COc2ccccc2O1)C(=O)Nc1cccc(C)c1. The smallest absolute Gasteiger partial charge is 0.321 e. The highest BCUT2D eigenvalue weighted by Gasteiger charge is 2.24. The van der Waals surface area contributed by atoms with Gasteiger partial charge in [-0.2, -0.15) is 0 Å². The van der Waals surface area contributed by atoms with Crippen LogP contribution in [-0.2, 0) is 0 Å². The normalized spacial score (nSPS) is 15.7. The Morgan fingerprint density at radius 2 is 2.00 bits per heavy atom. The number of nitrogens with zero attached hydrogens (tertiary/aromatic N) is 1. The molecular weight excluding hydrogens is 304 g/mol. The summed E-state index contributed by atoms with van der Waals surface area (Å²) in [7, 11) is 0. The van der Waals surface area contributed by atoms with Crippen LogP contribution in [0.5, 0.6) is 11.5 Å². The van der Waals surface area contributed by atoms with Gasteiger partial charge in [-0.25, -0.2) is 4.79 Å². The predicted octanol–water partition coefficient (Wildman–Crippen LogP) is 3.69. The molecule has 1 heterocycles. The summed E-state index contributed by atoms with van der Waals surface area (Å²) >= 11 is 0. The Morgan fingerprint density at radius 1 is 1.21 bits per heavy atom. The number of para-hydroxylation sites is 2. The van der Waals surface area contributed by atoms with Crippen molar-refractivity contribution in [1.29, 1.82) is 0 Å². The molecule has 1 N–H and O–H groups in total. The van der Waals surface area contributed by atoms with Gasteiger partial charge in [0.1, 0.15) is 6.61 Å². The fourth-order valence-electron chi connectivity index (χ4n) is 2.68. The molecule has 0 bridgehead atoms. The molecule has 5 nitrogen and oxygen atoms in total. The van der Waals surface area contributed by atoms with E-state index < -0.39 is 0 Å². The van der Waals surface area contributed by atoms with Crippen LogP contribution in [0, 0.1) is 6.92 Å². The summed E-state index contributed by atoms with van der Waals surface area (Å²) in [6.45, 7) is 5.46. The molecule has 0 radical (unpaired) electrons. The van der Waals surface area contributed by atoms with Gasteiger partial charge < -0.3 is 19.7 Å². The Hall–Kier alpha value is -2.69. The molecule has 5 heteroatoms. The lowest BCUT2D eigenvalue weighted by Gasteiger charge is -2.31. The summed E-state index contributed by atoms with van der Waals surface area (Å²) < 4.78 is 11.6. The molecule has 1 aliphatic heterocycles. The molecule has 0 unspecified atom stereocenters. The predicted molar refractivity (Wildman–Crippen MR) is 93.8 cm³/mol. The zero-order valence-electron chi connectivity index (χ0n) is 14.0. The maximum atomic E-state index is 12.5. The van der Waals surface area contributed by atoms with Crippen LogP contribution < -0.4 is 14.8 Å². The van der Waals surface area contributed by atoms with Crippen LogP contribution in [0.25, 0.3) is 0 Å². The largest absolute Gasteiger partial charge is 0.486 e. The van der Waals surface area contributed by atoms with Gasteiger partial charge in [-0.05, 0) is 43.7 Å². The number of fused-ring (bicyclic) bond motifs is 1. The third-order valence-corrected chi connectivity index (χ3v) is 3.93. The molecule has 2 aromatic rings. The lowest BCUT2D eigenvalue weighted by atomic mass is 10.2. The number of ether oxygens (including phenoxy) is 2. The van der Waals surface area contributed by atoms with Gasteiger partial charge in [0.2, 0.25) is 0 Å². The standard InChI is InChI=1S/C19H22N2O3/c1-3-21(19(22)20-15-8-6-7-14(2)11-15)12-16-13-23-17-9-4-5-10-18(17)24-16/h4-11,16H,3,12-13H2,1-2H3,(H,20,22)/t16-/m0/s1. The van der Waals surface area contributed by atoms with E-state index in [1.807, 2.05) is 62.4 Å².